The summed E-state index contributed by atoms with van der Waals surface area (Å²) in [5.41, 5.74) is 2.35. The Morgan fingerprint density at radius 1 is 1.05 bits per heavy atom. The minimum atomic E-state index is -0.635. The Balaban J connectivity index is 1.67. The maximum Gasteiger partial charge on any atom is 0.326 e. The Morgan fingerprint density at radius 2 is 1.78 bits per heavy atom. The smallest absolute Gasteiger partial charge is 0.326 e. The first kappa shape index (κ1) is 27.8. The lowest BCUT2D eigenvalue weighted by Crippen LogP contribution is -2.35. The van der Waals surface area contributed by atoms with Gasteiger partial charge in [0.05, 0.1) is 17.6 Å². The SMILES string of the molecule is CCOc1cc(/C=C2\SC(=O)N(CC(=O)O[C@H](C)CC)C2=O)ccc1OCC(=O)Nc1ccc(C)cc1. The topological polar surface area (TPSA) is 111 Å². The lowest BCUT2D eigenvalue weighted by atomic mass is 10.2. The first-order chi connectivity index (χ1) is 17.7. The summed E-state index contributed by atoms with van der Waals surface area (Å²) in [6, 6.07) is 12.4. The van der Waals surface area contributed by atoms with Crippen LogP contribution in [0.15, 0.2) is 47.4 Å². The monoisotopic (exact) mass is 526 g/mol. The summed E-state index contributed by atoms with van der Waals surface area (Å²) in [7, 11) is 0. The minimum Gasteiger partial charge on any atom is -0.490 e. The van der Waals surface area contributed by atoms with Crippen LogP contribution in [0, 0.1) is 6.92 Å². The lowest BCUT2D eigenvalue weighted by molar-refractivity contribution is -0.150. The zero-order valence-corrected chi connectivity index (χ0v) is 22.1. The van der Waals surface area contributed by atoms with Crippen molar-refractivity contribution in [3.63, 3.8) is 0 Å². The third kappa shape index (κ3) is 7.85. The number of anilines is 1. The van der Waals surface area contributed by atoms with Gasteiger partial charge < -0.3 is 19.5 Å². The molecule has 3 rings (SSSR count). The average molecular weight is 527 g/mol. The van der Waals surface area contributed by atoms with Crippen molar-refractivity contribution in [3.8, 4) is 11.5 Å². The molecule has 0 aliphatic carbocycles. The van der Waals surface area contributed by atoms with Crippen molar-refractivity contribution in [2.45, 2.75) is 40.2 Å². The molecule has 1 atom stereocenters. The second kappa shape index (κ2) is 13.0. The molecule has 1 saturated heterocycles. The molecule has 1 aliphatic rings. The summed E-state index contributed by atoms with van der Waals surface area (Å²) < 4.78 is 16.5. The van der Waals surface area contributed by atoms with Gasteiger partial charge in [0.25, 0.3) is 17.1 Å². The molecule has 3 amide bonds. The highest BCUT2D eigenvalue weighted by molar-refractivity contribution is 8.18. The van der Waals surface area contributed by atoms with E-state index >= 15 is 0 Å². The van der Waals surface area contributed by atoms with E-state index in [4.69, 9.17) is 14.2 Å². The Labute approximate surface area is 220 Å². The zero-order chi connectivity index (χ0) is 26.9. The van der Waals surface area contributed by atoms with Gasteiger partial charge >= 0.3 is 5.97 Å². The molecule has 2 aromatic rings. The van der Waals surface area contributed by atoms with E-state index in [1.54, 1.807) is 31.2 Å². The molecule has 37 heavy (non-hydrogen) atoms. The molecule has 1 heterocycles. The first-order valence-corrected chi connectivity index (χ1v) is 12.7. The van der Waals surface area contributed by atoms with Gasteiger partial charge in [-0.05, 0) is 74.9 Å². The minimum absolute atomic E-state index is 0.176. The Kier molecular flexibility index (Phi) is 9.73. The highest BCUT2D eigenvalue weighted by atomic mass is 32.2. The number of rotatable bonds is 11. The summed E-state index contributed by atoms with van der Waals surface area (Å²) in [4.78, 5) is 50.5. The van der Waals surface area contributed by atoms with Crippen molar-refractivity contribution >= 4 is 46.5 Å². The van der Waals surface area contributed by atoms with Crippen LogP contribution in [0.4, 0.5) is 10.5 Å². The normalized spacial score (nSPS) is 15.0. The van der Waals surface area contributed by atoms with Crippen molar-refractivity contribution in [1.82, 2.24) is 4.90 Å². The number of hydrogen-bond donors (Lipinski definition) is 1. The molecular formula is C27H30N2O7S. The summed E-state index contributed by atoms with van der Waals surface area (Å²) in [5.74, 6) is -0.780. The maximum atomic E-state index is 12.7. The second-order valence-corrected chi connectivity index (χ2v) is 9.31. The summed E-state index contributed by atoms with van der Waals surface area (Å²) in [6.45, 7) is 7.07. The van der Waals surface area contributed by atoms with Crippen LogP contribution < -0.4 is 14.8 Å². The second-order valence-electron chi connectivity index (χ2n) is 8.32. The molecule has 0 spiro atoms. The van der Waals surface area contributed by atoms with Crippen molar-refractivity contribution in [3.05, 3.63) is 58.5 Å². The summed E-state index contributed by atoms with van der Waals surface area (Å²) in [5, 5.41) is 2.23. The van der Waals surface area contributed by atoms with Crippen LogP contribution in [0.1, 0.15) is 38.3 Å². The third-order valence-electron chi connectivity index (χ3n) is 5.33. The van der Waals surface area contributed by atoms with Crippen LogP contribution in [0.5, 0.6) is 11.5 Å². The summed E-state index contributed by atoms with van der Waals surface area (Å²) in [6.07, 6.45) is 1.88. The molecule has 1 aliphatic heterocycles. The van der Waals surface area contributed by atoms with E-state index in [-0.39, 0.29) is 23.5 Å². The number of aryl methyl sites for hydroxylation is 1. The Hall–Kier alpha value is -3.79. The van der Waals surface area contributed by atoms with E-state index in [0.29, 0.717) is 35.8 Å². The van der Waals surface area contributed by atoms with Crippen LogP contribution >= 0.6 is 11.8 Å². The van der Waals surface area contributed by atoms with Gasteiger partial charge in [-0.25, -0.2) is 0 Å². The average Bonchev–Trinajstić information content (AvgIpc) is 3.12. The molecule has 0 bridgehead atoms. The number of imide groups is 1. The molecule has 2 aromatic carbocycles. The molecule has 0 aromatic heterocycles. The number of nitrogens with one attached hydrogen (secondary N) is 1. The van der Waals surface area contributed by atoms with Crippen LogP contribution in [-0.2, 0) is 19.1 Å². The number of benzene rings is 2. The van der Waals surface area contributed by atoms with Crippen molar-refractivity contribution in [2.75, 3.05) is 25.1 Å². The van der Waals surface area contributed by atoms with Gasteiger partial charge in [0, 0.05) is 5.69 Å². The van der Waals surface area contributed by atoms with Crippen molar-refractivity contribution in [1.29, 1.82) is 0 Å². The van der Waals surface area contributed by atoms with E-state index in [1.807, 2.05) is 45.0 Å². The van der Waals surface area contributed by atoms with Gasteiger partial charge in [-0.1, -0.05) is 30.7 Å². The molecule has 1 fully saturated rings. The van der Waals surface area contributed by atoms with Crippen LogP contribution in [0.2, 0.25) is 0 Å². The largest absolute Gasteiger partial charge is 0.490 e. The van der Waals surface area contributed by atoms with Gasteiger partial charge in [0.1, 0.15) is 6.54 Å². The van der Waals surface area contributed by atoms with Gasteiger partial charge in [0.2, 0.25) is 0 Å². The van der Waals surface area contributed by atoms with E-state index in [0.717, 1.165) is 22.2 Å². The Morgan fingerprint density at radius 3 is 2.46 bits per heavy atom. The van der Waals surface area contributed by atoms with E-state index < -0.39 is 23.7 Å². The van der Waals surface area contributed by atoms with Gasteiger partial charge in [-0.15, -0.1) is 0 Å². The zero-order valence-electron chi connectivity index (χ0n) is 21.2. The number of carbonyl (C=O) groups is 4. The van der Waals surface area contributed by atoms with E-state index in [9.17, 15) is 19.2 Å². The van der Waals surface area contributed by atoms with Crippen LogP contribution in [0.3, 0.4) is 0 Å². The maximum absolute atomic E-state index is 12.7. The fraction of sp³-hybridized carbons (Fsp3) is 0.333. The quantitative estimate of drug-likeness (QED) is 0.329. The fourth-order valence-electron chi connectivity index (χ4n) is 3.24. The molecular weight excluding hydrogens is 496 g/mol. The predicted octanol–water partition coefficient (Wildman–Crippen LogP) is 4.79. The van der Waals surface area contributed by atoms with Crippen LogP contribution in [-0.4, -0.2) is 53.8 Å². The van der Waals surface area contributed by atoms with E-state index in [2.05, 4.69) is 5.32 Å². The van der Waals surface area contributed by atoms with Gasteiger partial charge in [0.15, 0.2) is 18.1 Å². The third-order valence-corrected chi connectivity index (χ3v) is 6.24. The number of amides is 3. The highest BCUT2D eigenvalue weighted by Gasteiger charge is 2.36. The van der Waals surface area contributed by atoms with Crippen molar-refractivity contribution < 1.29 is 33.4 Å². The highest BCUT2D eigenvalue weighted by Crippen LogP contribution is 2.34. The number of esters is 1. The molecule has 9 nitrogen and oxygen atoms in total. The van der Waals surface area contributed by atoms with Gasteiger partial charge in [-0.3, -0.25) is 24.1 Å². The number of ether oxygens (including phenoxy) is 3. The molecule has 0 unspecified atom stereocenters. The van der Waals surface area contributed by atoms with Gasteiger partial charge in [-0.2, -0.15) is 0 Å². The van der Waals surface area contributed by atoms with Crippen molar-refractivity contribution in [2.24, 2.45) is 0 Å². The molecule has 0 radical (unpaired) electrons. The number of thioether (sulfide) groups is 1. The molecule has 10 heteroatoms. The predicted molar refractivity (Wildman–Crippen MR) is 141 cm³/mol. The van der Waals surface area contributed by atoms with Crippen LogP contribution in [0.25, 0.3) is 6.08 Å². The number of nitrogens with zero attached hydrogens (tertiary/aromatic N) is 1. The number of hydrogen-bond acceptors (Lipinski definition) is 8. The standard InChI is InChI=1S/C27H30N2O7S/c1-5-18(4)36-25(31)15-29-26(32)23(37-27(29)33)14-19-9-12-21(22(13-19)34-6-2)35-16-24(30)28-20-10-7-17(3)8-11-20/h7-14,18H,5-6,15-16H2,1-4H3,(H,28,30)/b23-14-/t18-/m1/s1. The fourth-order valence-corrected chi connectivity index (χ4v) is 4.08. The molecule has 196 valence electrons. The molecule has 0 saturated carbocycles. The first-order valence-electron chi connectivity index (χ1n) is 11.9. The summed E-state index contributed by atoms with van der Waals surface area (Å²) >= 11 is 0.748. The lowest BCUT2D eigenvalue weighted by Gasteiger charge is -2.15. The number of carbonyl (C=O) groups excluding carboxylic acids is 4. The Bertz CT molecular complexity index is 1190. The molecule has 1 N–H and O–H groups in total. The van der Waals surface area contributed by atoms with E-state index in [1.165, 1.54) is 0 Å².